The summed E-state index contributed by atoms with van der Waals surface area (Å²) in [6.45, 7) is 2.58. The Morgan fingerprint density at radius 2 is 1.92 bits per heavy atom. The number of carboxylic acid groups (broad SMARTS) is 1. The van der Waals surface area contributed by atoms with Gasteiger partial charge >= 0.3 is 12.1 Å². The average Bonchev–Trinajstić information content (AvgIpc) is 3.14. The lowest BCUT2D eigenvalue weighted by atomic mass is 10.0. The van der Waals surface area contributed by atoms with Crippen LogP contribution in [0.4, 0.5) is 36.3 Å². The highest BCUT2D eigenvalue weighted by atomic mass is 31.1. The summed E-state index contributed by atoms with van der Waals surface area (Å²) in [6, 6.07) is 9.76. The van der Waals surface area contributed by atoms with E-state index < -0.39 is 29.4 Å². The number of fused-ring (bicyclic) bond motifs is 1. The third kappa shape index (κ3) is 5.81. The molecule has 1 aliphatic heterocycles. The van der Waals surface area contributed by atoms with Crippen LogP contribution in [0.5, 0.6) is 0 Å². The van der Waals surface area contributed by atoms with Gasteiger partial charge in [0.1, 0.15) is 11.4 Å². The molecule has 1 aromatic heterocycles. The number of hydrogen-bond donors (Lipinski definition) is 3. The molecule has 1 amide bonds. The highest BCUT2D eigenvalue weighted by Crippen LogP contribution is 2.38. The zero-order valence-electron chi connectivity index (χ0n) is 19.8. The van der Waals surface area contributed by atoms with Crippen LogP contribution in [0, 0.1) is 0 Å². The first-order valence-electron chi connectivity index (χ1n) is 11.1. The van der Waals surface area contributed by atoms with Gasteiger partial charge < -0.3 is 25.2 Å². The number of alkyl halides is 3. The average molecular weight is 533 g/mol. The van der Waals surface area contributed by atoms with E-state index in [0.717, 1.165) is 11.7 Å². The number of carbonyl (C=O) groups is 2. The summed E-state index contributed by atoms with van der Waals surface area (Å²) >= 11 is 0. The molecule has 1 atom stereocenters. The largest absolute Gasteiger partial charge is 0.478 e. The predicted molar refractivity (Wildman–Crippen MR) is 133 cm³/mol. The minimum absolute atomic E-state index is 0.00741. The maximum Gasteiger partial charge on any atom is 0.421 e. The van der Waals surface area contributed by atoms with Crippen molar-refractivity contribution in [3.05, 3.63) is 70.4 Å². The van der Waals surface area contributed by atoms with Gasteiger partial charge in [0.25, 0.3) is 5.91 Å². The molecule has 2 aromatic carbocycles. The van der Waals surface area contributed by atoms with Crippen molar-refractivity contribution in [3.8, 4) is 0 Å². The van der Waals surface area contributed by atoms with E-state index in [1.807, 2.05) is 19.1 Å². The van der Waals surface area contributed by atoms with Crippen LogP contribution in [0.1, 0.15) is 44.3 Å². The number of hydrogen-bond acceptors (Lipinski definition) is 7. The number of rotatable bonds is 9. The van der Waals surface area contributed by atoms with Gasteiger partial charge in [0.15, 0.2) is 0 Å². The number of carbonyl (C=O) groups excluding carboxylic acids is 1. The molecule has 0 bridgehead atoms. The molecule has 37 heavy (non-hydrogen) atoms. The fraction of sp³-hybridized carbons (Fsp3) is 0.250. The smallest absolute Gasteiger partial charge is 0.421 e. The molecule has 3 N–H and O–H groups in total. The van der Waals surface area contributed by atoms with Crippen LogP contribution in [0.25, 0.3) is 0 Å². The van der Waals surface area contributed by atoms with E-state index in [-0.39, 0.29) is 34.9 Å². The first kappa shape index (κ1) is 26.3. The maximum absolute atomic E-state index is 13.8. The molecule has 13 heteroatoms. The van der Waals surface area contributed by atoms with Gasteiger partial charge in [-0.2, -0.15) is 18.2 Å². The van der Waals surface area contributed by atoms with Gasteiger partial charge in [-0.1, -0.05) is 12.1 Å². The molecular formula is C24H23F3N5O4P. The zero-order valence-corrected chi connectivity index (χ0v) is 20.8. The number of benzene rings is 2. The molecule has 0 spiro atoms. The van der Waals surface area contributed by atoms with Crippen molar-refractivity contribution in [2.45, 2.75) is 25.8 Å². The second-order valence-electron chi connectivity index (χ2n) is 8.14. The van der Waals surface area contributed by atoms with Crippen molar-refractivity contribution >= 4 is 43.8 Å². The van der Waals surface area contributed by atoms with Gasteiger partial charge in [-0.25, -0.2) is 9.78 Å². The summed E-state index contributed by atoms with van der Waals surface area (Å²) in [4.78, 5) is 33.4. The topological polar surface area (TPSA) is 117 Å². The number of aromatic nitrogens is 2. The minimum atomic E-state index is -4.78. The molecule has 3 aromatic rings. The van der Waals surface area contributed by atoms with Crippen molar-refractivity contribution < 1.29 is 32.4 Å². The van der Waals surface area contributed by atoms with Crippen molar-refractivity contribution in [1.82, 2.24) is 14.9 Å². The van der Waals surface area contributed by atoms with Crippen LogP contribution < -0.4 is 10.6 Å². The Labute approximate surface area is 211 Å². The van der Waals surface area contributed by atoms with Gasteiger partial charge in [-0.15, -0.1) is 0 Å². The summed E-state index contributed by atoms with van der Waals surface area (Å²) in [5.41, 5.74) is 0.607. The Balaban J connectivity index is 1.65. The van der Waals surface area contributed by atoms with Gasteiger partial charge in [-0.05, 0) is 36.8 Å². The number of halogens is 3. The molecule has 0 radical (unpaired) electrons. The summed E-state index contributed by atoms with van der Waals surface area (Å²) in [5.74, 6) is -2.42. The summed E-state index contributed by atoms with van der Waals surface area (Å²) < 4.78 is 46.6. The van der Waals surface area contributed by atoms with E-state index >= 15 is 0 Å². The van der Waals surface area contributed by atoms with Crippen LogP contribution in [0.2, 0.25) is 0 Å². The van der Waals surface area contributed by atoms with Crippen molar-refractivity contribution in [2.24, 2.45) is 0 Å². The van der Waals surface area contributed by atoms with Crippen molar-refractivity contribution in [3.63, 3.8) is 0 Å². The highest BCUT2D eigenvalue weighted by molar-refractivity contribution is 7.31. The molecule has 194 valence electrons. The standard InChI is InChI=1S/C24H23F3N5O4P/c1-3-36-37-12-13-4-6-14(7-5-13)29-23-28-10-17(24(25,26)27)20(31-23)30-18-9-8-15(22(34)35)16-11-32(2)21(33)19(16)18/h4-10,37H,3,11-12H2,1-2H3,(H,34,35)(H2,28,29,30,31). The Bertz CT molecular complexity index is 1340. The second kappa shape index (κ2) is 10.7. The van der Waals surface area contributed by atoms with Crippen LogP contribution in [-0.4, -0.2) is 45.5 Å². The lowest BCUT2D eigenvalue weighted by Gasteiger charge is -2.17. The zero-order chi connectivity index (χ0) is 26.7. The lowest BCUT2D eigenvalue weighted by molar-refractivity contribution is -0.137. The maximum atomic E-state index is 13.8. The van der Waals surface area contributed by atoms with E-state index in [1.165, 1.54) is 24.1 Å². The first-order chi connectivity index (χ1) is 17.6. The number of nitrogens with zero attached hydrogens (tertiary/aromatic N) is 3. The van der Waals surface area contributed by atoms with Crippen molar-refractivity contribution in [1.29, 1.82) is 0 Å². The molecule has 9 nitrogen and oxygen atoms in total. The molecule has 0 saturated heterocycles. The third-order valence-corrected chi connectivity index (χ3v) is 6.62. The fourth-order valence-electron chi connectivity index (χ4n) is 3.80. The molecule has 0 saturated carbocycles. The molecular weight excluding hydrogens is 510 g/mol. The van der Waals surface area contributed by atoms with E-state index in [1.54, 1.807) is 12.1 Å². The summed E-state index contributed by atoms with van der Waals surface area (Å²) in [5, 5.41) is 14.9. The van der Waals surface area contributed by atoms with E-state index in [0.29, 0.717) is 27.3 Å². The molecule has 0 fully saturated rings. The first-order valence-corrected chi connectivity index (χ1v) is 12.3. The minimum Gasteiger partial charge on any atom is -0.478 e. The van der Waals surface area contributed by atoms with Gasteiger partial charge in [0.05, 0.1) is 16.8 Å². The Hall–Kier alpha value is -3.76. The highest BCUT2D eigenvalue weighted by Gasteiger charge is 2.37. The molecule has 4 rings (SSSR count). The normalized spacial score (nSPS) is 13.3. The number of anilines is 4. The third-order valence-electron chi connectivity index (χ3n) is 5.58. The number of aromatic carboxylic acids is 1. The van der Waals surface area contributed by atoms with Crippen LogP contribution in [-0.2, 0) is 23.4 Å². The molecule has 2 heterocycles. The Morgan fingerprint density at radius 1 is 1.19 bits per heavy atom. The van der Waals surface area contributed by atoms with Gasteiger partial charge in [0, 0.05) is 52.6 Å². The molecule has 1 unspecified atom stereocenters. The van der Waals surface area contributed by atoms with Crippen LogP contribution in [0.15, 0.2) is 42.6 Å². The molecule has 1 aliphatic rings. The van der Waals surface area contributed by atoms with Gasteiger partial charge in [0.2, 0.25) is 5.95 Å². The van der Waals surface area contributed by atoms with Crippen LogP contribution >= 0.6 is 8.81 Å². The Morgan fingerprint density at radius 3 is 2.57 bits per heavy atom. The number of amides is 1. The summed E-state index contributed by atoms with van der Waals surface area (Å²) in [7, 11) is 1.81. The Kier molecular flexibility index (Phi) is 7.60. The van der Waals surface area contributed by atoms with Crippen LogP contribution in [0.3, 0.4) is 0 Å². The molecule has 0 aliphatic carbocycles. The summed E-state index contributed by atoms with van der Waals surface area (Å²) in [6.07, 6.45) is -3.39. The quantitative estimate of drug-likeness (QED) is 0.248. The number of carboxylic acids is 1. The fourth-order valence-corrected chi connectivity index (χ4v) is 4.51. The lowest BCUT2D eigenvalue weighted by Crippen LogP contribution is -2.18. The van der Waals surface area contributed by atoms with E-state index in [2.05, 4.69) is 20.6 Å². The monoisotopic (exact) mass is 533 g/mol. The van der Waals surface area contributed by atoms with Crippen molar-refractivity contribution in [2.75, 3.05) is 24.3 Å². The predicted octanol–water partition coefficient (Wildman–Crippen LogP) is 5.40. The second-order valence-corrected chi connectivity index (χ2v) is 9.07. The van der Waals surface area contributed by atoms with E-state index in [9.17, 15) is 27.9 Å². The SMILES string of the molecule is CCOPCc1ccc(Nc2ncc(C(F)(F)F)c(Nc3ccc(C(=O)O)c4c3C(=O)N(C)C4)n2)cc1. The van der Waals surface area contributed by atoms with E-state index in [4.69, 9.17) is 4.52 Å². The van der Waals surface area contributed by atoms with Gasteiger partial charge in [-0.3, -0.25) is 4.79 Å². The number of nitrogens with one attached hydrogen (secondary N) is 2.